The first-order valence-electron chi connectivity index (χ1n) is 8.72. The summed E-state index contributed by atoms with van der Waals surface area (Å²) in [5.74, 6) is -0.296. The number of rotatable bonds is 11. The molecule has 1 amide bonds. The predicted molar refractivity (Wildman–Crippen MR) is 89.5 cm³/mol. The summed E-state index contributed by atoms with van der Waals surface area (Å²) in [4.78, 5) is 11.7. The van der Waals surface area contributed by atoms with Crippen molar-refractivity contribution >= 4 is 5.91 Å². The lowest BCUT2D eigenvalue weighted by Crippen LogP contribution is -2.59. The summed E-state index contributed by atoms with van der Waals surface area (Å²) < 4.78 is 17.0. The van der Waals surface area contributed by atoms with Gasteiger partial charge in [0, 0.05) is 6.54 Å². The van der Waals surface area contributed by atoms with Gasteiger partial charge in [0.2, 0.25) is 5.91 Å². The molecule has 1 aromatic heterocycles. The van der Waals surface area contributed by atoms with Gasteiger partial charge in [-0.2, -0.15) is 0 Å². The van der Waals surface area contributed by atoms with E-state index in [1.165, 1.54) is 10.9 Å². The number of nitrogens with one attached hydrogen (secondary N) is 1. The maximum atomic E-state index is 11.7. The van der Waals surface area contributed by atoms with Gasteiger partial charge in [0.25, 0.3) is 0 Å². The smallest absolute Gasteiger partial charge is 0.241 e. The molecule has 28 heavy (non-hydrogen) atoms. The summed E-state index contributed by atoms with van der Waals surface area (Å²) >= 11 is 0. The van der Waals surface area contributed by atoms with Crippen molar-refractivity contribution in [3.8, 4) is 0 Å². The topological polar surface area (TPSA) is 189 Å². The van der Waals surface area contributed by atoms with Crippen molar-refractivity contribution in [1.82, 2.24) is 20.3 Å². The number of aliphatic hydroxyl groups is 5. The van der Waals surface area contributed by atoms with E-state index in [1.807, 2.05) is 0 Å². The van der Waals surface area contributed by atoms with Gasteiger partial charge in [-0.25, -0.2) is 4.68 Å². The standard InChI is InChI=1S/C15H26N4O9/c20-7-9-5-19(18-17-9)6-11(22)16-1-2-26-3-4-27-15-14(25)13(24)12(23)10(8-21)28-15/h5,10,12-15,20-21,23-25H,1-4,6-8H2,(H,16,22)/t10-,12+,13+,14-,15-/m1/s1. The highest BCUT2D eigenvalue weighted by atomic mass is 16.7. The molecule has 1 aliphatic heterocycles. The summed E-state index contributed by atoms with van der Waals surface area (Å²) in [5, 5.41) is 57.0. The highest BCUT2D eigenvalue weighted by Crippen LogP contribution is 2.21. The van der Waals surface area contributed by atoms with E-state index in [0.717, 1.165) is 0 Å². The predicted octanol–water partition coefficient (Wildman–Crippen LogP) is -4.28. The molecule has 0 unspecified atom stereocenters. The molecule has 0 spiro atoms. The second kappa shape index (κ2) is 11.3. The van der Waals surface area contributed by atoms with Gasteiger partial charge >= 0.3 is 0 Å². The normalized spacial score (nSPS) is 27.7. The Morgan fingerprint density at radius 2 is 1.96 bits per heavy atom. The summed E-state index contributed by atoms with van der Waals surface area (Å²) in [5.41, 5.74) is 0.371. The third-order valence-electron chi connectivity index (χ3n) is 3.98. The molecule has 6 N–H and O–H groups in total. The molecule has 13 nitrogen and oxygen atoms in total. The van der Waals surface area contributed by atoms with Crippen LogP contribution in [-0.4, -0.2) is 110 Å². The van der Waals surface area contributed by atoms with Gasteiger partial charge in [-0.15, -0.1) is 5.10 Å². The molecule has 0 aromatic carbocycles. The Bertz CT molecular complexity index is 600. The van der Waals surface area contributed by atoms with E-state index < -0.39 is 37.3 Å². The van der Waals surface area contributed by atoms with Crippen molar-refractivity contribution in [2.75, 3.05) is 33.0 Å². The fourth-order valence-electron chi connectivity index (χ4n) is 2.48. The Kier molecular flexibility index (Phi) is 9.14. The van der Waals surface area contributed by atoms with E-state index in [-0.39, 0.29) is 45.4 Å². The molecular weight excluding hydrogens is 380 g/mol. The Labute approximate surface area is 160 Å². The largest absolute Gasteiger partial charge is 0.394 e. The van der Waals surface area contributed by atoms with Gasteiger partial charge in [0.15, 0.2) is 6.29 Å². The number of aliphatic hydroxyl groups excluding tert-OH is 5. The number of hydrogen-bond acceptors (Lipinski definition) is 11. The zero-order chi connectivity index (χ0) is 20.5. The molecule has 0 aliphatic carbocycles. The first kappa shape index (κ1) is 22.6. The Hall–Kier alpha value is -1.71. The third kappa shape index (κ3) is 6.42. The first-order valence-corrected chi connectivity index (χ1v) is 8.72. The van der Waals surface area contributed by atoms with Gasteiger partial charge < -0.3 is 45.1 Å². The summed E-state index contributed by atoms with van der Waals surface area (Å²) in [6, 6.07) is 0. The molecule has 0 radical (unpaired) electrons. The molecule has 160 valence electrons. The van der Waals surface area contributed by atoms with Crippen LogP contribution in [-0.2, 0) is 32.2 Å². The molecule has 13 heteroatoms. The maximum absolute atomic E-state index is 11.7. The lowest BCUT2D eigenvalue weighted by atomic mass is 9.99. The van der Waals surface area contributed by atoms with Crippen LogP contribution in [0.5, 0.6) is 0 Å². The van der Waals surface area contributed by atoms with Crippen molar-refractivity contribution in [2.24, 2.45) is 0 Å². The Morgan fingerprint density at radius 1 is 1.18 bits per heavy atom. The minimum atomic E-state index is -1.49. The van der Waals surface area contributed by atoms with Crippen molar-refractivity contribution in [2.45, 2.75) is 43.9 Å². The van der Waals surface area contributed by atoms with Crippen molar-refractivity contribution in [1.29, 1.82) is 0 Å². The van der Waals surface area contributed by atoms with Crippen LogP contribution in [0.3, 0.4) is 0 Å². The second-order valence-corrected chi connectivity index (χ2v) is 6.10. The molecule has 1 aliphatic rings. The molecule has 2 heterocycles. The highest BCUT2D eigenvalue weighted by Gasteiger charge is 2.43. The van der Waals surface area contributed by atoms with Crippen molar-refractivity contribution in [3.05, 3.63) is 11.9 Å². The molecule has 5 atom stereocenters. The van der Waals surface area contributed by atoms with E-state index in [2.05, 4.69) is 15.6 Å². The molecule has 0 bridgehead atoms. The number of amides is 1. The van der Waals surface area contributed by atoms with Crippen LogP contribution in [0.25, 0.3) is 0 Å². The third-order valence-corrected chi connectivity index (χ3v) is 3.98. The number of aromatic nitrogens is 3. The molecule has 1 fully saturated rings. The van der Waals surface area contributed by atoms with Gasteiger partial charge in [-0.1, -0.05) is 5.21 Å². The SMILES string of the molecule is O=C(Cn1cc(CO)nn1)NCCOCCO[C@@H]1O[C@H](CO)[C@H](O)[C@H](O)[C@H]1O. The number of nitrogens with zero attached hydrogens (tertiary/aromatic N) is 3. The fourth-order valence-corrected chi connectivity index (χ4v) is 2.48. The molecule has 1 aromatic rings. The summed E-state index contributed by atoms with van der Waals surface area (Å²) in [6.07, 6.45) is -5.16. The highest BCUT2D eigenvalue weighted by molar-refractivity contribution is 5.75. The van der Waals surface area contributed by atoms with E-state index >= 15 is 0 Å². The average Bonchev–Trinajstić information content (AvgIpc) is 3.14. The average molecular weight is 406 g/mol. The first-order chi connectivity index (χ1) is 13.5. The monoisotopic (exact) mass is 406 g/mol. The zero-order valence-corrected chi connectivity index (χ0v) is 15.1. The minimum Gasteiger partial charge on any atom is -0.394 e. The van der Waals surface area contributed by atoms with E-state index in [1.54, 1.807) is 0 Å². The van der Waals surface area contributed by atoms with Crippen LogP contribution in [0.1, 0.15) is 5.69 Å². The Morgan fingerprint density at radius 3 is 2.64 bits per heavy atom. The number of carbonyl (C=O) groups excluding carboxylic acids is 1. The van der Waals surface area contributed by atoms with Gasteiger partial charge in [-0.05, 0) is 0 Å². The zero-order valence-electron chi connectivity index (χ0n) is 15.1. The van der Waals surface area contributed by atoms with Crippen LogP contribution in [0.2, 0.25) is 0 Å². The Balaban J connectivity index is 1.55. The van der Waals surface area contributed by atoms with E-state index in [4.69, 9.17) is 24.4 Å². The minimum absolute atomic E-state index is 0.0273. The van der Waals surface area contributed by atoms with Crippen LogP contribution in [0.4, 0.5) is 0 Å². The van der Waals surface area contributed by atoms with Gasteiger partial charge in [0.1, 0.15) is 36.7 Å². The van der Waals surface area contributed by atoms with Crippen molar-refractivity contribution in [3.63, 3.8) is 0 Å². The maximum Gasteiger partial charge on any atom is 0.241 e. The number of carbonyl (C=O) groups is 1. The number of ether oxygens (including phenoxy) is 3. The van der Waals surface area contributed by atoms with Crippen LogP contribution < -0.4 is 5.32 Å². The van der Waals surface area contributed by atoms with E-state index in [9.17, 15) is 20.1 Å². The summed E-state index contributed by atoms with van der Waals surface area (Å²) in [6.45, 7) is -0.193. The van der Waals surface area contributed by atoms with Crippen LogP contribution >= 0.6 is 0 Å². The fraction of sp³-hybridized carbons (Fsp3) is 0.800. The second-order valence-electron chi connectivity index (χ2n) is 6.10. The van der Waals surface area contributed by atoms with Gasteiger partial charge in [-0.3, -0.25) is 4.79 Å². The van der Waals surface area contributed by atoms with Gasteiger partial charge in [0.05, 0.1) is 39.2 Å². The lowest BCUT2D eigenvalue weighted by molar-refractivity contribution is -0.302. The molecule has 2 rings (SSSR count). The molecule has 0 saturated carbocycles. The van der Waals surface area contributed by atoms with E-state index in [0.29, 0.717) is 5.69 Å². The quantitative estimate of drug-likeness (QED) is 0.195. The number of hydrogen-bond donors (Lipinski definition) is 6. The van der Waals surface area contributed by atoms with Crippen LogP contribution in [0, 0.1) is 0 Å². The lowest BCUT2D eigenvalue weighted by Gasteiger charge is -2.39. The molecular formula is C15H26N4O9. The summed E-state index contributed by atoms with van der Waals surface area (Å²) in [7, 11) is 0. The molecule has 1 saturated heterocycles. The van der Waals surface area contributed by atoms with Crippen LogP contribution in [0.15, 0.2) is 6.20 Å². The van der Waals surface area contributed by atoms with Crippen molar-refractivity contribution < 1.29 is 44.5 Å².